The average Bonchev–Trinajstić information content (AvgIpc) is 2.55. The molecule has 130 valence electrons. The summed E-state index contributed by atoms with van der Waals surface area (Å²) in [5.41, 5.74) is 3.39. The van der Waals surface area contributed by atoms with Crippen LogP contribution in [0.2, 0.25) is 0 Å². The summed E-state index contributed by atoms with van der Waals surface area (Å²) >= 11 is 0. The summed E-state index contributed by atoms with van der Waals surface area (Å²) in [6.45, 7) is 6.75. The first-order chi connectivity index (χ1) is 11.8. The van der Waals surface area contributed by atoms with Gasteiger partial charge in [-0.2, -0.15) is 0 Å². The molecule has 0 aliphatic carbocycles. The molecule has 2 rings (SSSR count). The maximum Gasteiger partial charge on any atom is 0.339 e. The van der Waals surface area contributed by atoms with Crippen LogP contribution in [0.3, 0.4) is 0 Å². The van der Waals surface area contributed by atoms with E-state index in [1.807, 2.05) is 26.0 Å². The maximum absolute atomic E-state index is 12.2. The van der Waals surface area contributed by atoms with E-state index in [9.17, 15) is 14.4 Å². The molecule has 5 nitrogen and oxygen atoms in total. The lowest BCUT2D eigenvalue weighted by atomic mass is 10.1. The number of ether oxygens (including phenoxy) is 1. The van der Waals surface area contributed by atoms with Crippen LogP contribution in [0.15, 0.2) is 42.5 Å². The number of hydrogen-bond acceptors (Lipinski definition) is 4. The van der Waals surface area contributed by atoms with Crippen molar-refractivity contribution in [1.82, 2.24) is 0 Å². The second kappa shape index (κ2) is 7.75. The van der Waals surface area contributed by atoms with Gasteiger partial charge >= 0.3 is 5.97 Å². The van der Waals surface area contributed by atoms with Crippen LogP contribution in [0, 0.1) is 13.8 Å². The second-order valence-corrected chi connectivity index (χ2v) is 5.99. The zero-order valence-electron chi connectivity index (χ0n) is 14.8. The van der Waals surface area contributed by atoms with Gasteiger partial charge < -0.3 is 10.1 Å². The molecule has 0 bridgehead atoms. The average molecular weight is 339 g/mol. The summed E-state index contributed by atoms with van der Waals surface area (Å²) in [4.78, 5) is 35.7. The number of esters is 1. The summed E-state index contributed by atoms with van der Waals surface area (Å²) in [6.07, 6.45) is -0.944. The van der Waals surface area contributed by atoms with Crippen LogP contribution in [-0.4, -0.2) is 23.8 Å². The highest BCUT2D eigenvalue weighted by molar-refractivity contribution is 5.98. The molecule has 0 aliphatic rings. The van der Waals surface area contributed by atoms with E-state index in [0.29, 0.717) is 16.8 Å². The summed E-state index contributed by atoms with van der Waals surface area (Å²) in [6, 6.07) is 11.9. The number of hydrogen-bond donors (Lipinski definition) is 1. The van der Waals surface area contributed by atoms with Gasteiger partial charge in [0.05, 0.1) is 5.56 Å². The van der Waals surface area contributed by atoms with Crippen LogP contribution in [0.4, 0.5) is 5.69 Å². The molecule has 1 N–H and O–H groups in total. The molecule has 1 amide bonds. The number of Topliss-reactive ketones (excluding diaryl/α,β-unsaturated/α-hetero) is 1. The Balaban J connectivity index is 1.99. The Kier molecular flexibility index (Phi) is 5.70. The Labute approximate surface area is 147 Å². The molecule has 0 saturated heterocycles. The van der Waals surface area contributed by atoms with E-state index in [1.54, 1.807) is 30.3 Å². The Morgan fingerprint density at radius 2 is 1.64 bits per heavy atom. The van der Waals surface area contributed by atoms with Gasteiger partial charge in [0.1, 0.15) is 0 Å². The van der Waals surface area contributed by atoms with Crippen LogP contribution < -0.4 is 5.32 Å². The number of carbonyl (C=O) groups is 3. The van der Waals surface area contributed by atoms with Gasteiger partial charge in [-0.15, -0.1) is 0 Å². The van der Waals surface area contributed by atoms with Gasteiger partial charge in [0.2, 0.25) is 0 Å². The number of nitrogens with one attached hydrogen (secondary N) is 1. The highest BCUT2D eigenvalue weighted by atomic mass is 16.5. The monoisotopic (exact) mass is 339 g/mol. The third kappa shape index (κ3) is 4.76. The molecule has 5 heteroatoms. The highest BCUT2D eigenvalue weighted by Crippen LogP contribution is 2.14. The number of carbonyl (C=O) groups excluding carboxylic acids is 3. The quantitative estimate of drug-likeness (QED) is 0.666. The van der Waals surface area contributed by atoms with Crippen LogP contribution in [0.5, 0.6) is 0 Å². The Hall–Kier alpha value is -2.95. The third-order valence-electron chi connectivity index (χ3n) is 3.81. The van der Waals surface area contributed by atoms with E-state index < -0.39 is 18.0 Å². The fourth-order valence-corrected chi connectivity index (χ4v) is 2.35. The SMILES string of the molecule is CC(=O)c1ccc(NC(=O)[C@H](C)OC(=O)c2ccc(C)cc2C)cc1. The Morgan fingerprint density at radius 3 is 2.20 bits per heavy atom. The lowest BCUT2D eigenvalue weighted by molar-refractivity contribution is -0.123. The minimum absolute atomic E-state index is 0.0476. The standard InChI is InChI=1S/C20H21NO4/c1-12-5-10-18(13(2)11-12)20(24)25-15(4)19(23)21-17-8-6-16(7-9-17)14(3)22/h5-11,15H,1-4H3,(H,21,23)/t15-/m0/s1. The highest BCUT2D eigenvalue weighted by Gasteiger charge is 2.20. The Morgan fingerprint density at radius 1 is 1.00 bits per heavy atom. The van der Waals surface area contributed by atoms with Gasteiger partial charge in [-0.25, -0.2) is 4.79 Å². The fraction of sp³-hybridized carbons (Fsp3) is 0.250. The number of aryl methyl sites for hydroxylation is 2. The predicted octanol–water partition coefficient (Wildman–Crippen LogP) is 3.69. The zero-order chi connectivity index (χ0) is 18.6. The molecule has 2 aromatic carbocycles. The van der Waals surface area contributed by atoms with Crippen molar-refractivity contribution in [2.24, 2.45) is 0 Å². The van der Waals surface area contributed by atoms with Crippen molar-refractivity contribution < 1.29 is 19.1 Å². The van der Waals surface area contributed by atoms with E-state index in [2.05, 4.69) is 5.32 Å². The summed E-state index contributed by atoms with van der Waals surface area (Å²) in [7, 11) is 0. The van der Waals surface area contributed by atoms with Gasteiger partial charge in [-0.3, -0.25) is 9.59 Å². The van der Waals surface area contributed by atoms with Crippen molar-refractivity contribution in [3.05, 3.63) is 64.7 Å². The van der Waals surface area contributed by atoms with E-state index in [-0.39, 0.29) is 5.78 Å². The molecule has 0 saturated carbocycles. The first-order valence-electron chi connectivity index (χ1n) is 7.98. The van der Waals surface area contributed by atoms with Crippen molar-refractivity contribution in [2.45, 2.75) is 33.8 Å². The topological polar surface area (TPSA) is 72.5 Å². The molecular weight excluding hydrogens is 318 g/mol. The van der Waals surface area contributed by atoms with Crippen molar-refractivity contribution in [3.63, 3.8) is 0 Å². The van der Waals surface area contributed by atoms with Crippen molar-refractivity contribution in [1.29, 1.82) is 0 Å². The van der Waals surface area contributed by atoms with Crippen molar-refractivity contribution in [3.8, 4) is 0 Å². The molecular formula is C20H21NO4. The van der Waals surface area contributed by atoms with Gasteiger partial charge in [-0.05, 0) is 63.6 Å². The molecule has 25 heavy (non-hydrogen) atoms. The van der Waals surface area contributed by atoms with E-state index in [1.165, 1.54) is 13.8 Å². The molecule has 1 atom stereocenters. The molecule has 0 heterocycles. The van der Waals surface area contributed by atoms with E-state index in [0.717, 1.165) is 11.1 Å². The first kappa shape index (κ1) is 18.4. The Bertz CT molecular complexity index is 809. The van der Waals surface area contributed by atoms with Crippen LogP contribution in [0.25, 0.3) is 0 Å². The fourth-order valence-electron chi connectivity index (χ4n) is 2.35. The van der Waals surface area contributed by atoms with Crippen LogP contribution >= 0.6 is 0 Å². The van der Waals surface area contributed by atoms with Gasteiger partial charge in [0.15, 0.2) is 11.9 Å². The lowest BCUT2D eigenvalue weighted by Gasteiger charge is -2.14. The van der Waals surface area contributed by atoms with Crippen molar-refractivity contribution >= 4 is 23.3 Å². The molecule has 0 spiro atoms. The number of ketones is 1. The molecule has 2 aromatic rings. The number of rotatable bonds is 5. The van der Waals surface area contributed by atoms with Gasteiger partial charge in [-0.1, -0.05) is 17.7 Å². The molecule has 0 radical (unpaired) electrons. The van der Waals surface area contributed by atoms with Crippen molar-refractivity contribution in [2.75, 3.05) is 5.32 Å². The minimum Gasteiger partial charge on any atom is -0.449 e. The summed E-state index contributed by atoms with van der Waals surface area (Å²) in [5, 5.41) is 2.66. The second-order valence-electron chi connectivity index (χ2n) is 5.99. The minimum atomic E-state index is -0.944. The largest absolute Gasteiger partial charge is 0.449 e. The lowest BCUT2D eigenvalue weighted by Crippen LogP contribution is -2.30. The maximum atomic E-state index is 12.2. The normalized spacial score (nSPS) is 11.5. The third-order valence-corrected chi connectivity index (χ3v) is 3.81. The smallest absolute Gasteiger partial charge is 0.339 e. The molecule has 0 aliphatic heterocycles. The van der Waals surface area contributed by atoms with E-state index >= 15 is 0 Å². The predicted molar refractivity (Wildman–Crippen MR) is 95.9 cm³/mol. The number of benzene rings is 2. The van der Waals surface area contributed by atoms with Crippen LogP contribution in [-0.2, 0) is 9.53 Å². The zero-order valence-corrected chi connectivity index (χ0v) is 14.8. The van der Waals surface area contributed by atoms with E-state index in [4.69, 9.17) is 4.74 Å². The number of amides is 1. The number of anilines is 1. The summed E-state index contributed by atoms with van der Waals surface area (Å²) < 4.78 is 5.25. The molecule has 0 fully saturated rings. The molecule has 0 aromatic heterocycles. The first-order valence-corrected chi connectivity index (χ1v) is 7.98. The van der Waals surface area contributed by atoms with Crippen LogP contribution in [0.1, 0.15) is 45.7 Å². The molecule has 0 unspecified atom stereocenters. The van der Waals surface area contributed by atoms with Gasteiger partial charge in [0.25, 0.3) is 5.91 Å². The van der Waals surface area contributed by atoms with Gasteiger partial charge in [0, 0.05) is 11.3 Å². The summed E-state index contributed by atoms with van der Waals surface area (Å²) in [5.74, 6) is -1.02.